The maximum atomic E-state index is 11.2. The van der Waals surface area contributed by atoms with Gasteiger partial charge in [-0.2, -0.15) is 0 Å². The van der Waals surface area contributed by atoms with E-state index in [1.165, 1.54) is 23.5 Å². The van der Waals surface area contributed by atoms with Gasteiger partial charge in [0.1, 0.15) is 0 Å². The number of hydrogen-bond acceptors (Lipinski definition) is 5. The summed E-state index contributed by atoms with van der Waals surface area (Å²) >= 11 is 2.68. The van der Waals surface area contributed by atoms with Gasteiger partial charge in [-0.25, -0.2) is 14.8 Å². The Kier molecular flexibility index (Phi) is 4.44. The first kappa shape index (κ1) is 13.9. The summed E-state index contributed by atoms with van der Waals surface area (Å²) in [5, 5.41) is 9.67. The van der Waals surface area contributed by atoms with Crippen molar-refractivity contribution in [1.82, 2.24) is 9.97 Å². The maximum Gasteiger partial charge on any atom is 0.355 e. The topological polar surface area (TPSA) is 63.1 Å². The predicted octanol–water partition coefficient (Wildman–Crippen LogP) is 3.36. The van der Waals surface area contributed by atoms with Crippen LogP contribution in [0.15, 0.2) is 45.4 Å². The highest BCUT2D eigenvalue weighted by Gasteiger charge is 2.15. The first-order chi connectivity index (χ1) is 9.10. The van der Waals surface area contributed by atoms with E-state index in [0.717, 1.165) is 10.5 Å². The Morgan fingerprint density at radius 3 is 2.79 bits per heavy atom. The second-order valence-electron chi connectivity index (χ2n) is 3.79. The summed E-state index contributed by atoms with van der Waals surface area (Å²) in [7, 11) is 0. The van der Waals surface area contributed by atoms with Crippen molar-refractivity contribution in [2.75, 3.05) is 6.26 Å². The first-order valence-corrected chi connectivity index (χ1v) is 7.53. The molecule has 0 aliphatic heterocycles. The molecule has 0 fully saturated rings. The molecule has 2 aromatic rings. The molecule has 0 unspecified atom stereocenters. The zero-order valence-electron chi connectivity index (χ0n) is 10.5. The highest BCUT2D eigenvalue weighted by atomic mass is 32.2. The summed E-state index contributed by atoms with van der Waals surface area (Å²) in [6.45, 7) is 2.00. The maximum absolute atomic E-state index is 11.2. The zero-order chi connectivity index (χ0) is 13.8. The van der Waals surface area contributed by atoms with Gasteiger partial charge >= 0.3 is 5.97 Å². The van der Waals surface area contributed by atoms with E-state index in [0.29, 0.717) is 10.1 Å². The molecule has 0 radical (unpaired) electrons. The van der Waals surface area contributed by atoms with Crippen molar-refractivity contribution < 1.29 is 9.90 Å². The number of hydrogen-bond donors (Lipinski definition) is 1. The molecule has 4 nitrogen and oxygen atoms in total. The number of aromatic nitrogens is 2. The Bertz CT molecular complexity index is 617. The largest absolute Gasteiger partial charge is 0.476 e. The molecule has 0 aliphatic carbocycles. The molecule has 1 N–H and O–H groups in total. The molecule has 19 heavy (non-hydrogen) atoms. The van der Waals surface area contributed by atoms with Crippen LogP contribution in [-0.2, 0) is 0 Å². The van der Waals surface area contributed by atoms with Gasteiger partial charge in [0.25, 0.3) is 0 Å². The molecule has 0 atom stereocenters. The lowest BCUT2D eigenvalue weighted by molar-refractivity contribution is 0.0685. The minimum absolute atomic E-state index is 0.0471. The number of carboxylic acid groups (broad SMARTS) is 1. The molecule has 0 aliphatic rings. The molecule has 2 rings (SSSR count). The van der Waals surface area contributed by atoms with Crippen LogP contribution in [0.5, 0.6) is 0 Å². The Hall–Kier alpha value is -1.53. The summed E-state index contributed by atoms with van der Waals surface area (Å²) in [6.07, 6.45) is 3.38. The molecule has 0 spiro atoms. The Labute approximate surface area is 119 Å². The minimum Gasteiger partial charge on any atom is -0.476 e. The van der Waals surface area contributed by atoms with Crippen molar-refractivity contribution in [3.8, 4) is 0 Å². The third-order valence-electron chi connectivity index (χ3n) is 2.34. The van der Waals surface area contributed by atoms with E-state index in [2.05, 4.69) is 9.97 Å². The Balaban J connectivity index is 2.36. The van der Waals surface area contributed by atoms with E-state index < -0.39 is 5.97 Å². The second kappa shape index (κ2) is 6.08. The molecule has 0 bridgehead atoms. The van der Waals surface area contributed by atoms with Crippen molar-refractivity contribution in [2.45, 2.75) is 21.9 Å². The first-order valence-electron chi connectivity index (χ1n) is 5.49. The molecular formula is C13H12N2O2S2. The van der Waals surface area contributed by atoms with Gasteiger partial charge < -0.3 is 5.11 Å². The summed E-state index contributed by atoms with van der Waals surface area (Å²) < 4.78 is 0. The van der Waals surface area contributed by atoms with Crippen LogP contribution < -0.4 is 0 Å². The van der Waals surface area contributed by atoms with E-state index >= 15 is 0 Å². The van der Waals surface area contributed by atoms with Gasteiger partial charge in [-0.1, -0.05) is 41.2 Å². The molecular weight excluding hydrogens is 280 g/mol. The number of carbonyl (C=O) groups is 1. The zero-order valence-corrected chi connectivity index (χ0v) is 12.1. The fourth-order valence-corrected chi connectivity index (χ4v) is 2.81. The summed E-state index contributed by atoms with van der Waals surface area (Å²) in [5.74, 6) is -1.03. The average Bonchev–Trinajstić information content (AvgIpc) is 2.39. The minimum atomic E-state index is -1.03. The monoisotopic (exact) mass is 292 g/mol. The molecule has 98 valence electrons. The van der Waals surface area contributed by atoms with Crippen LogP contribution in [0.2, 0.25) is 0 Å². The number of benzene rings is 1. The van der Waals surface area contributed by atoms with Gasteiger partial charge in [-0.05, 0) is 25.3 Å². The van der Waals surface area contributed by atoms with Gasteiger partial charge in [0.15, 0.2) is 10.9 Å². The van der Waals surface area contributed by atoms with Crippen LogP contribution in [0.4, 0.5) is 0 Å². The van der Waals surface area contributed by atoms with Crippen molar-refractivity contribution in [2.24, 2.45) is 0 Å². The summed E-state index contributed by atoms with van der Waals surface area (Å²) in [6, 6.07) is 7.87. The lowest BCUT2D eigenvalue weighted by atomic mass is 10.2. The van der Waals surface area contributed by atoms with Crippen molar-refractivity contribution in [3.05, 3.63) is 41.7 Å². The fraction of sp³-hybridized carbons (Fsp3) is 0.154. The smallest absolute Gasteiger partial charge is 0.355 e. The molecule has 1 aromatic carbocycles. The number of aryl methyl sites for hydroxylation is 1. The van der Waals surface area contributed by atoms with Gasteiger partial charge in [0.2, 0.25) is 0 Å². The second-order valence-corrected chi connectivity index (χ2v) is 5.68. The SMILES string of the molecule is CSc1ncc(Sc2cccc(C)c2)c(C(=O)O)n1. The highest BCUT2D eigenvalue weighted by molar-refractivity contribution is 7.99. The van der Waals surface area contributed by atoms with Gasteiger partial charge in [-0.3, -0.25) is 0 Å². The van der Waals surface area contributed by atoms with Crippen LogP contribution >= 0.6 is 23.5 Å². The third-order valence-corrected chi connectivity index (χ3v) is 3.91. The average molecular weight is 292 g/mol. The van der Waals surface area contributed by atoms with E-state index in [1.807, 2.05) is 37.4 Å². The molecule has 0 saturated heterocycles. The van der Waals surface area contributed by atoms with Gasteiger partial charge in [0, 0.05) is 11.1 Å². The van der Waals surface area contributed by atoms with E-state index in [9.17, 15) is 9.90 Å². The number of nitrogens with zero attached hydrogens (tertiary/aromatic N) is 2. The van der Waals surface area contributed by atoms with Gasteiger partial charge in [-0.15, -0.1) is 0 Å². The predicted molar refractivity (Wildman–Crippen MR) is 76.1 cm³/mol. The van der Waals surface area contributed by atoms with Crippen LogP contribution in [0, 0.1) is 6.92 Å². The third kappa shape index (κ3) is 3.48. The molecule has 0 saturated carbocycles. The lowest BCUT2D eigenvalue weighted by Crippen LogP contribution is -2.04. The van der Waals surface area contributed by atoms with Crippen LogP contribution in [0.25, 0.3) is 0 Å². The Morgan fingerprint density at radius 1 is 1.37 bits per heavy atom. The molecule has 1 heterocycles. The van der Waals surface area contributed by atoms with Gasteiger partial charge in [0.05, 0.1) is 4.90 Å². The van der Waals surface area contributed by atoms with E-state index in [4.69, 9.17) is 0 Å². The standard InChI is InChI=1S/C13H12N2O2S2/c1-8-4-3-5-9(6-8)19-10-7-14-13(18-2)15-11(10)12(16)17/h3-7H,1-2H3,(H,16,17). The number of aromatic carboxylic acids is 1. The van der Waals surface area contributed by atoms with Crippen LogP contribution in [0.3, 0.4) is 0 Å². The highest BCUT2D eigenvalue weighted by Crippen LogP contribution is 2.30. The number of thioether (sulfide) groups is 1. The van der Waals surface area contributed by atoms with Crippen LogP contribution in [-0.4, -0.2) is 27.3 Å². The lowest BCUT2D eigenvalue weighted by Gasteiger charge is -2.06. The number of rotatable bonds is 4. The quantitative estimate of drug-likeness (QED) is 0.688. The normalized spacial score (nSPS) is 10.4. The molecule has 6 heteroatoms. The summed E-state index contributed by atoms with van der Waals surface area (Å²) in [5.41, 5.74) is 1.18. The van der Waals surface area contributed by atoms with Crippen molar-refractivity contribution >= 4 is 29.5 Å². The summed E-state index contributed by atoms with van der Waals surface area (Å²) in [4.78, 5) is 20.9. The van der Waals surface area contributed by atoms with E-state index in [1.54, 1.807) is 6.20 Å². The fourth-order valence-electron chi connectivity index (χ4n) is 1.49. The number of carboxylic acids is 1. The molecule has 1 aromatic heterocycles. The van der Waals surface area contributed by atoms with Crippen LogP contribution in [0.1, 0.15) is 16.1 Å². The van der Waals surface area contributed by atoms with E-state index in [-0.39, 0.29) is 5.69 Å². The van der Waals surface area contributed by atoms with Crippen molar-refractivity contribution in [1.29, 1.82) is 0 Å². The Morgan fingerprint density at radius 2 is 2.16 bits per heavy atom. The molecule has 0 amide bonds. The van der Waals surface area contributed by atoms with Crippen molar-refractivity contribution in [3.63, 3.8) is 0 Å².